The highest BCUT2D eigenvalue weighted by Crippen LogP contribution is 2.26. The molecule has 0 fully saturated rings. The average molecular weight is 308 g/mol. The van der Waals surface area contributed by atoms with Gasteiger partial charge >= 0.3 is 5.97 Å². The molecule has 2 rings (SSSR count). The number of thiazole rings is 1. The van der Waals surface area contributed by atoms with Crippen LogP contribution in [0.5, 0.6) is 0 Å². The van der Waals surface area contributed by atoms with Crippen molar-refractivity contribution in [3.05, 3.63) is 29.0 Å². The smallest absolute Gasteiger partial charge is 0.308 e. The number of amides is 1. The Morgan fingerprint density at radius 1 is 1.48 bits per heavy atom. The summed E-state index contributed by atoms with van der Waals surface area (Å²) in [5, 5.41) is 11.2. The second kappa shape index (κ2) is 6.09. The second-order valence-electron chi connectivity index (χ2n) is 4.87. The molecule has 7 heteroatoms. The molecular weight excluding hydrogens is 292 g/mol. The van der Waals surface area contributed by atoms with Crippen LogP contribution in [-0.4, -0.2) is 40.5 Å². The molecule has 0 aliphatic rings. The number of carbonyl (C=O) groups is 2. The summed E-state index contributed by atoms with van der Waals surface area (Å²) in [6.07, 6.45) is 0. The maximum absolute atomic E-state index is 12.2. The lowest BCUT2D eigenvalue weighted by atomic mass is 10.2. The number of carboxylic acids is 1. The van der Waals surface area contributed by atoms with Gasteiger partial charge in [-0.25, -0.2) is 4.98 Å². The van der Waals surface area contributed by atoms with Crippen LogP contribution in [-0.2, 0) is 4.79 Å². The molecule has 0 saturated carbocycles. The van der Waals surface area contributed by atoms with Crippen molar-refractivity contribution in [1.82, 2.24) is 9.88 Å². The largest absolute Gasteiger partial charge is 0.481 e. The number of aromatic nitrogens is 1. The van der Waals surface area contributed by atoms with Crippen molar-refractivity contribution in [3.63, 3.8) is 0 Å². The summed E-state index contributed by atoms with van der Waals surface area (Å²) in [4.78, 5) is 28.6. The Kier molecular flexibility index (Phi) is 4.42. The summed E-state index contributed by atoms with van der Waals surface area (Å²) in [7, 11) is 1.57. The zero-order chi connectivity index (χ0) is 15.6. The molecule has 112 valence electrons. The third-order valence-electron chi connectivity index (χ3n) is 2.99. The van der Waals surface area contributed by atoms with Crippen molar-refractivity contribution >= 4 is 23.2 Å². The summed E-state index contributed by atoms with van der Waals surface area (Å²) < 4.78 is 5.46. The lowest BCUT2D eigenvalue weighted by molar-refractivity contribution is -0.141. The monoisotopic (exact) mass is 308 g/mol. The van der Waals surface area contributed by atoms with E-state index in [1.807, 2.05) is 13.0 Å². The zero-order valence-corrected chi connectivity index (χ0v) is 12.8. The fourth-order valence-electron chi connectivity index (χ4n) is 1.80. The van der Waals surface area contributed by atoms with Crippen LogP contribution in [0.4, 0.5) is 0 Å². The summed E-state index contributed by atoms with van der Waals surface area (Å²) in [5.74, 6) is -0.447. The van der Waals surface area contributed by atoms with Crippen molar-refractivity contribution < 1.29 is 19.1 Å². The van der Waals surface area contributed by atoms with Gasteiger partial charge in [-0.2, -0.15) is 0 Å². The Morgan fingerprint density at radius 3 is 2.76 bits per heavy atom. The van der Waals surface area contributed by atoms with Gasteiger partial charge < -0.3 is 14.4 Å². The van der Waals surface area contributed by atoms with E-state index in [2.05, 4.69) is 4.98 Å². The average Bonchev–Trinajstić information content (AvgIpc) is 3.05. The normalized spacial score (nSPS) is 12.1. The standard InChI is InChI=1S/C14H16N2O4S/c1-8(14(18)19)6-16(3)13(17)10-7-21-12(15-10)11-5-4-9(2)20-11/h4-5,7-8H,6H2,1-3H3,(H,18,19). The molecule has 0 bridgehead atoms. The number of nitrogens with zero attached hydrogens (tertiary/aromatic N) is 2. The van der Waals surface area contributed by atoms with Crippen molar-refractivity contribution in [2.75, 3.05) is 13.6 Å². The van der Waals surface area contributed by atoms with E-state index < -0.39 is 11.9 Å². The van der Waals surface area contributed by atoms with E-state index in [0.717, 1.165) is 5.76 Å². The molecule has 1 amide bonds. The Balaban J connectivity index is 2.10. The van der Waals surface area contributed by atoms with Gasteiger partial charge in [0.15, 0.2) is 10.8 Å². The predicted molar refractivity (Wildman–Crippen MR) is 78.3 cm³/mol. The fraction of sp³-hybridized carbons (Fsp3) is 0.357. The topological polar surface area (TPSA) is 83.6 Å². The van der Waals surface area contributed by atoms with E-state index in [4.69, 9.17) is 9.52 Å². The molecule has 2 aromatic rings. The maximum atomic E-state index is 12.2. The van der Waals surface area contributed by atoms with Crippen LogP contribution in [0.2, 0.25) is 0 Å². The van der Waals surface area contributed by atoms with Crippen LogP contribution in [0.1, 0.15) is 23.2 Å². The van der Waals surface area contributed by atoms with Crippen LogP contribution in [0.25, 0.3) is 10.8 Å². The van der Waals surface area contributed by atoms with E-state index >= 15 is 0 Å². The number of aliphatic carboxylic acids is 1. The third kappa shape index (κ3) is 3.49. The third-order valence-corrected chi connectivity index (χ3v) is 3.85. The Bertz CT molecular complexity index is 661. The second-order valence-corrected chi connectivity index (χ2v) is 5.73. The first-order chi connectivity index (χ1) is 9.88. The number of carboxylic acid groups (broad SMARTS) is 1. The first-order valence-corrected chi connectivity index (χ1v) is 7.27. The highest BCUT2D eigenvalue weighted by atomic mass is 32.1. The van der Waals surface area contributed by atoms with Gasteiger partial charge in [0.05, 0.1) is 5.92 Å². The van der Waals surface area contributed by atoms with Gasteiger partial charge in [-0.3, -0.25) is 9.59 Å². The van der Waals surface area contributed by atoms with Gasteiger partial charge in [-0.05, 0) is 19.1 Å². The number of aryl methyl sites for hydroxylation is 1. The molecular formula is C14H16N2O4S. The van der Waals surface area contributed by atoms with Crippen molar-refractivity contribution in [2.24, 2.45) is 5.92 Å². The van der Waals surface area contributed by atoms with Gasteiger partial charge in [-0.1, -0.05) is 6.92 Å². The van der Waals surface area contributed by atoms with Crippen LogP contribution in [0.15, 0.2) is 21.9 Å². The Morgan fingerprint density at radius 2 is 2.19 bits per heavy atom. The van der Waals surface area contributed by atoms with E-state index in [-0.39, 0.29) is 12.5 Å². The van der Waals surface area contributed by atoms with E-state index in [9.17, 15) is 9.59 Å². The Hall–Kier alpha value is -2.15. The Labute approximate surface area is 126 Å². The van der Waals surface area contributed by atoms with Crippen LogP contribution >= 0.6 is 11.3 Å². The van der Waals surface area contributed by atoms with Crippen molar-refractivity contribution in [3.8, 4) is 10.8 Å². The van der Waals surface area contributed by atoms with Gasteiger partial charge in [-0.15, -0.1) is 11.3 Å². The molecule has 1 unspecified atom stereocenters. The van der Waals surface area contributed by atoms with Gasteiger partial charge in [0, 0.05) is 19.0 Å². The van der Waals surface area contributed by atoms with Crippen LogP contribution < -0.4 is 0 Å². The molecule has 21 heavy (non-hydrogen) atoms. The molecule has 0 aliphatic heterocycles. The molecule has 0 radical (unpaired) electrons. The van der Waals surface area contributed by atoms with E-state index in [0.29, 0.717) is 16.5 Å². The quantitative estimate of drug-likeness (QED) is 0.917. The number of furan rings is 1. The lowest BCUT2D eigenvalue weighted by Crippen LogP contribution is -2.33. The molecule has 0 aromatic carbocycles. The summed E-state index contributed by atoms with van der Waals surface area (Å²) in [6, 6.07) is 3.64. The molecule has 0 aliphatic carbocycles. The zero-order valence-electron chi connectivity index (χ0n) is 12.0. The number of carbonyl (C=O) groups excluding carboxylic acids is 1. The molecule has 2 aromatic heterocycles. The van der Waals surface area contributed by atoms with E-state index in [1.54, 1.807) is 25.4 Å². The van der Waals surface area contributed by atoms with Crippen LogP contribution in [0.3, 0.4) is 0 Å². The van der Waals surface area contributed by atoms with Gasteiger partial charge in [0.2, 0.25) is 0 Å². The highest BCUT2D eigenvalue weighted by molar-refractivity contribution is 7.13. The fourth-order valence-corrected chi connectivity index (χ4v) is 2.56. The SMILES string of the molecule is Cc1ccc(-c2nc(C(=O)N(C)CC(C)C(=O)O)cs2)o1. The first-order valence-electron chi connectivity index (χ1n) is 6.39. The molecule has 0 spiro atoms. The summed E-state index contributed by atoms with van der Waals surface area (Å²) in [5.41, 5.74) is 0.296. The molecule has 2 heterocycles. The first kappa shape index (κ1) is 15.2. The minimum absolute atomic E-state index is 0.140. The molecule has 0 saturated heterocycles. The number of rotatable bonds is 5. The maximum Gasteiger partial charge on any atom is 0.308 e. The van der Waals surface area contributed by atoms with Crippen molar-refractivity contribution in [1.29, 1.82) is 0 Å². The molecule has 1 N–H and O–H groups in total. The summed E-state index contributed by atoms with van der Waals surface area (Å²) in [6.45, 7) is 3.54. The number of hydrogen-bond donors (Lipinski definition) is 1. The molecule has 6 nitrogen and oxygen atoms in total. The molecule has 1 atom stereocenters. The lowest BCUT2D eigenvalue weighted by Gasteiger charge is -2.18. The van der Waals surface area contributed by atoms with Crippen LogP contribution in [0, 0.1) is 12.8 Å². The van der Waals surface area contributed by atoms with E-state index in [1.165, 1.54) is 16.2 Å². The van der Waals surface area contributed by atoms with Gasteiger partial charge in [0.25, 0.3) is 5.91 Å². The summed E-state index contributed by atoms with van der Waals surface area (Å²) >= 11 is 1.32. The minimum Gasteiger partial charge on any atom is -0.481 e. The van der Waals surface area contributed by atoms with Crippen molar-refractivity contribution in [2.45, 2.75) is 13.8 Å². The number of hydrogen-bond acceptors (Lipinski definition) is 5. The highest BCUT2D eigenvalue weighted by Gasteiger charge is 2.21. The predicted octanol–water partition coefficient (Wildman–Crippen LogP) is 2.50. The minimum atomic E-state index is -0.931. The van der Waals surface area contributed by atoms with Gasteiger partial charge in [0.1, 0.15) is 11.5 Å².